The van der Waals surface area contributed by atoms with Crippen LogP contribution < -0.4 is 5.32 Å². The van der Waals surface area contributed by atoms with E-state index in [0.29, 0.717) is 6.04 Å². The summed E-state index contributed by atoms with van der Waals surface area (Å²) in [5, 5.41) is 3.64. The molecule has 64 valence electrons. The molecule has 1 unspecified atom stereocenters. The molecule has 0 radical (unpaired) electrons. The van der Waals surface area contributed by atoms with Crippen LogP contribution in [0, 0.1) is 0 Å². The Balaban J connectivity index is 2.09. The monoisotopic (exact) mass is 173 g/mol. The number of piperidine rings is 1. The van der Waals surface area contributed by atoms with Gasteiger partial charge in [-0.2, -0.15) is 0 Å². The molecule has 1 rings (SSSR count). The minimum absolute atomic E-state index is 0.234. The quantitative estimate of drug-likeness (QED) is 0.684. The van der Waals surface area contributed by atoms with E-state index in [-0.39, 0.29) is 5.12 Å². The average Bonchev–Trinajstić information content (AvgIpc) is 2.03. The van der Waals surface area contributed by atoms with E-state index in [4.69, 9.17) is 0 Å². The zero-order valence-corrected chi connectivity index (χ0v) is 7.75. The van der Waals surface area contributed by atoms with Crippen LogP contribution in [0.4, 0.5) is 0 Å². The molecule has 0 aromatic rings. The van der Waals surface area contributed by atoms with Crippen LogP contribution in [0.15, 0.2) is 0 Å². The van der Waals surface area contributed by atoms with Gasteiger partial charge in [0.1, 0.15) is 0 Å². The first-order valence-electron chi connectivity index (χ1n) is 4.16. The van der Waals surface area contributed by atoms with Crippen molar-refractivity contribution in [3.05, 3.63) is 0 Å². The van der Waals surface area contributed by atoms with Gasteiger partial charge < -0.3 is 5.32 Å². The zero-order chi connectivity index (χ0) is 8.10. The molecule has 1 heterocycles. The van der Waals surface area contributed by atoms with Gasteiger partial charge in [-0.05, 0) is 19.4 Å². The summed E-state index contributed by atoms with van der Waals surface area (Å²) in [5.41, 5.74) is 0. The fourth-order valence-electron chi connectivity index (χ4n) is 1.28. The Kier molecular flexibility index (Phi) is 3.94. The lowest BCUT2D eigenvalue weighted by Gasteiger charge is -2.22. The molecule has 0 saturated carbocycles. The van der Waals surface area contributed by atoms with Gasteiger partial charge in [0.15, 0.2) is 5.12 Å². The van der Waals surface area contributed by atoms with Crippen molar-refractivity contribution in [2.75, 3.05) is 12.3 Å². The maximum absolute atomic E-state index is 10.6. The molecular formula is C8H15NOS. The molecule has 0 amide bonds. The van der Waals surface area contributed by atoms with E-state index in [0.717, 1.165) is 12.3 Å². The van der Waals surface area contributed by atoms with Gasteiger partial charge in [0, 0.05) is 18.7 Å². The summed E-state index contributed by atoms with van der Waals surface area (Å²) in [7, 11) is 0. The lowest BCUT2D eigenvalue weighted by Crippen LogP contribution is -2.35. The van der Waals surface area contributed by atoms with Gasteiger partial charge >= 0.3 is 0 Å². The summed E-state index contributed by atoms with van der Waals surface area (Å²) in [6.45, 7) is 2.76. The van der Waals surface area contributed by atoms with Gasteiger partial charge in [0.25, 0.3) is 0 Å². The normalized spacial score (nSPS) is 25.0. The first-order valence-corrected chi connectivity index (χ1v) is 5.14. The second kappa shape index (κ2) is 4.78. The number of hydrogen-bond acceptors (Lipinski definition) is 3. The first-order chi connectivity index (χ1) is 5.29. The average molecular weight is 173 g/mol. The van der Waals surface area contributed by atoms with E-state index in [1.54, 1.807) is 6.92 Å². The predicted octanol–water partition coefficient (Wildman–Crippen LogP) is 1.41. The summed E-state index contributed by atoms with van der Waals surface area (Å²) in [5.74, 6) is 0.954. The van der Waals surface area contributed by atoms with Crippen LogP contribution in [0.1, 0.15) is 26.2 Å². The molecule has 0 aliphatic carbocycles. The molecule has 11 heavy (non-hydrogen) atoms. The standard InChI is InChI=1S/C8H15NOS/c1-7(10)11-6-8-4-2-3-5-9-8/h8-9H,2-6H2,1H3. The number of carbonyl (C=O) groups is 1. The smallest absolute Gasteiger partial charge is 0.185 e. The Morgan fingerprint density at radius 1 is 1.64 bits per heavy atom. The fourth-order valence-corrected chi connectivity index (χ4v) is 2.00. The molecule has 0 aromatic carbocycles. The van der Waals surface area contributed by atoms with Crippen LogP contribution in [0.5, 0.6) is 0 Å². The molecule has 0 bridgehead atoms. The lowest BCUT2D eigenvalue weighted by atomic mass is 10.1. The summed E-state index contributed by atoms with van der Waals surface area (Å²) in [6, 6.07) is 0.581. The SMILES string of the molecule is CC(=O)SCC1CCCCN1. The van der Waals surface area contributed by atoms with E-state index in [9.17, 15) is 4.79 Å². The number of carbonyl (C=O) groups excluding carboxylic acids is 1. The van der Waals surface area contributed by atoms with Gasteiger partial charge in [0.05, 0.1) is 0 Å². The van der Waals surface area contributed by atoms with E-state index >= 15 is 0 Å². The first kappa shape index (κ1) is 9.07. The molecule has 1 aliphatic rings. The largest absolute Gasteiger partial charge is 0.313 e. The van der Waals surface area contributed by atoms with E-state index in [2.05, 4.69) is 5.32 Å². The Morgan fingerprint density at radius 3 is 3.00 bits per heavy atom. The highest BCUT2D eigenvalue weighted by atomic mass is 32.2. The number of rotatable bonds is 2. The molecule has 1 fully saturated rings. The molecule has 2 nitrogen and oxygen atoms in total. The Morgan fingerprint density at radius 2 is 2.45 bits per heavy atom. The molecule has 0 spiro atoms. The van der Waals surface area contributed by atoms with Crippen molar-refractivity contribution in [2.45, 2.75) is 32.2 Å². The molecule has 1 N–H and O–H groups in total. The van der Waals surface area contributed by atoms with E-state index in [1.807, 2.05) is 0 Å². The van der Waals surface area contributed by atoms with Crippen molar-refractivity contribution < 1.29 is 4.79 Å². The van der Waals surface area contributed by atoms with Crippen molar-refractivity contribution >= 4 is 16.9 Å². The van der Waals surface area contributed by atoms with Crippen molar-refractivity contribution in [1.29, 1.82) is 0 Å². The van der Waals surface area contributed by atoms with Crippen molar-refractivity contribution in [1.82, 2.24) is 5.32 Å². The zero-order valence-electron chi connectivity index (χ0n) is 6.93. The highest BCUT2D eigenvalue weighted by molar-refractivity contribution is 8.13. The third kappa shape index (κ3) is 3.77. The molecule has 1 saturated heterocycles. The highest BCUT2D eigenvalue weighted by Crippen LogP contribution is 2.12. The molecule has 1 aliphatic heterocycles. The summed E-state index contributed by atoms with van der Waals surface area (Å²) in [6.07, 6.45) is 3.84. The van der Waals surface area contributed by atoms with Crippen LogP contribution in [-0.4, -0.2) is 23.5 Å². The fraction of sp³-hybridized carbons (Fsp3) is 0.875. The summed E-state index contributed by atoms with van der Waals surface area (Å²) >= 11 is 1.44. The third-order valence-electron chi connectivity index (χ3n) is 1.90. The number of nitrogens with one attached hydrogen (secondary N) is 1. The second-order valence-corrected chi connectivity index (χ2v) is 4.15. The topological polar surface area (TPSA) is 29.1 Å². The van der Waals surface area contributed by atoms with Gasteiger partial charge in [-0.15, -0.1) is 0 Å². The van der Waals surface area contributed by atoms with Crippen LogP contribution in [0.25, 0.3) is 0 Å². The van der Waals surface area contributed by atoms with Crippen LogP contribution >= 0.6 is 11.8 Å². The van der Waals surface area contributed by atoms with Crippen LogP contribution in [0.2, 0.25) is 0 Å². The molecular weight excluding hydrogens is 158 g/mol. The van der Waals surface area contributed by atoms with E-state index in [1.165, 1.54) is 31.0 Å². The van der Waals surface area contributed by atoms with Crippen LogP contribution in [-0.2, 0) is 4.79 Å². The molecule has 3 heteroatoms. The number of hydrogen-bond donors (Lipinski definition) is 1. The van der Waals surface area contributed by atoms with Gasteiger partial charge in [-0.3, -0.25) is 4.79 Å². The number of thioether (sulfide) groups is 1. The lowest BCUT2D eigenvalue weighted by molar-refractivity contribution is -0.109. The Bertz CT molecular complexity index is 132. The minimum atomic E-state index is 0.234. The summed E-state index contributed by atoms with van der Waals surface area (Å²) in [4.78, 5) is 10.6. The van der Waals surface area contributed by atoms with Crippen molar-refractivity contribution in [2.24, 2.45) is 0 Å². The second-order valence-electron chi connectivity index (χ2n) is 2.95. The van der Waals surface area contributed by atoms with Gasteiger partial charge in [-0.1, -0.05) is 18.2 Å². The maximum atomic E-state index is 10.6. The van der Waals surface area contributed by atoms with Crippen molar-refractivity contribution in [3.8, 4) is 0 Å². The maximum Gasteiger partial charge on any atom is 0.185 e. The minimum Gasteiger partial charge on any atom is -0.313 e. The molecule has 1 atom stereocenters. The highest BCUT2D eigenvalue weighted by Gasteiger charge is 2.12. The van der Waals surface area contributed by atoms with E-state index < -0.39 is 0 Å². The summed E-state index contributed by atoms with van der Waals surface area (Å²) < 4.78 is 0. The van der Waals surface area contributed by atoms with Gasteiger partial charge in [-0.25, -0.2) is 0 Å². The van der Waals surface area contributed by atoms with Crippen molar-refractivity contribution in [3.63, 3.8) is 0 Å². The predicted molar refractivity (Wildman–Crippen MR) is 48.8 cm³/mol. The molecule has 0 aromatic heterocycles. The Hall–Kier alpha value is -0.0200. The van der Waals surface area contributed by atoms with Crippen LogP contribution in [0.3, 0.4) is 0 Å². The van der Waals surface area contributed by atoms with Gasteiger partial charge in [0.2, 0.25) is 0 Å². The Labute approximate surface area is 72.1 Å². The third-order valence-corrected chi connectivity index (χ3v) is 2.88.